The highest BCUT2D eigenvalue weighted by molar-refractivity contribution is 6.44. The van der Waals surface area contributed by atoms with Crippen LogP contribution in [0.5, 0.6) is 0 Å². The smallest absolute Gasteiger partial charge is 0.106 e. The van der Waals surface area contributed by atoms with Gasteiger partial charge in [-0.2, -0.15) is 0 Å². The number of hydrogen-bond donors (Lipinski definition) is 0. The van der Waals surface area contributed by atoms with E-state index in [0.717, 1.165) is 40.8 Å². The molecule has 1 atom stereocenters. The van der Waals surface area contributed by atoms with Crippen molar-refractivity contribution in [1.29, 1.82) is 0 Å². The number of benzene rings is 2. The summed E-state index contributed by atoms with van der Waals surface area (Å²) in [6.07, 6.45) is 2.25. The molecule has 1 aromatic heterocycles. The Morgan fingerprint density at radius 3 is 2.46 bits per heavy atom. The SMILES string of the molecule is CCCC(C)n1c(C)nc2c(-c3cc(Cl)c(Cl)cc3Cl)cccc21. The number of rotatable bonds is 4. The Balaban J connectivity index is 2.25. The first-order valence-corrected chi connectivity index (χ1v) is 9.19. The Bertz CT molecular complexity index is 899. The van der Waals surface area contributed by atoms with E-state index in [2.05, 4.69) is 24.5 Å². The van der Waals surface area contributed by atoms with Crippen molar-refractivity contribution in [3.05, 3.63) is 51.2 Å². The standard InChI is InChI=1S/C19H19Cl3N2/c1-4-6-11(2)24-12(3)23-19-13(7-5-8-18(19)24)14-9-16(21)17(22)10-15(14)20/h5,7-11H,4,6H2,1-3H3. The van der Waals surface area contributed by atoms with Gasteiger partial charge < -0.3 is 4.57 Å². The molecule has 0 aliphatic rings. The average Bonchev–Trinajstić information content (AvgIpc) is 2.87. The number of halogens is 3. The molecule has 3 aromatic rings. The van der Waals surface area contributed by atoms with Crippen molar-refractivity contribution >= 4 is 45.8 Å². The molecule has 0 aliphatic heterocycles. The number of fused-ring (bicyclic) bond motifs is 1. The number of aromatic nitrogens is 2. The summed E-state index contributed by atoms with van der Waals surface area (Å²) in [6.45, 7) is 6.48. The molecule has 126 valence electrons. The zero-order valence-electron chi connectivity index (χ0n) is 13.9. The summed E-state index contributed by atoms with van der Waals surface area (Å²) >= 11 is 18.7. The summed E-state index contributed by atoms with van der Waals surface area (Å²) in [5, 5.41) is 1.52. The van der Waals surface area contributed by atoms with Crippen LogP contribution in [0.1, 0.15) is 38.6 Å². The van der Waals surface area contributed by atoms with Gasteiger partial charge >= 0.3 is 0 Å². The Hall–Kier alpha value is -1.22. The maximum Gasteiger partial charge on any atom is 0.106 e. The molecule has 0 radical (unpaired) electrons. The van der Waals surface area contributed by atoms with Crippen molar-refractivity contribution in [2.24, 2.45) is 0 Å². The summed E-state index contributed by atoms with van der Waals surface area (Å²) in [5.41, 5.74) is 3.89. The first-order valence-electron chi connectivity index (χ1n) is 8.06. The van der Waals surface area contributed by atoms with Crippen LogP contribution in [0.25, 0.3) is 22.2 Å². The molecule has 0 saturated heterocycles. The molecule has 3 rings (SSSR count). The Morgan fingerprint density at radius 2 is 1.75 bits per heavy atom. The van der Waals surface area contributed by atoms with Crippen LogP contribution < -0.4 is 0 Å². The monoisotopic (exact) mass is 380 g/mol. The van der Waals surface area contributed by atoms with Gasteiger partial charge in [0.05, 0.1) is 26.1 Å². The summed E-state index contributed by atoms with van der Waals surface area (Å²) in [5.74, 6) is 1.01. The Morgan fingerprint density at radius 1 is 1.04 bits per heavy atom. The van der Waals surface area contributed by atoms with E-state index in [1.165, 1.54) is 0 Å². The van der Waals surface area contributed by atoms with E-state index in [0.29, 0.717) is 21.1 Å². The summed E-state index contributed by atoms with van der Waals surface area (Å²) in [4.78, 5) is 4.81. The zero-order chi connectivity index (χ0) is 17.4. The Labute approximate surface area is 157 Å². The second-order valence-electron chi connectivity index (χ2n) is 6.09. The predicted molar refractivity (Wildman–Crippen MR) is 105 cm³/mol. The fourth-order valence-corrected chi connectivity index (χ4v) is 3.93. The van der Waals surface area contributed by atoms with Crippen LogP contribution in [-0.2, 0) is 0 Å². The molecule has 24 heavy (non-hydrogen) atoms. The van der Waals surface area contributed by atoms with Crippen molar-refractivity contribution in [3.63, 3.8) is 0 Å². The van der Waals surface area contributed by atoms with E-state index in [9.17, 15) is 0 Å². The van der Waals surface area contributed by atoms with Gasteiger partial charge in [0.2, 0.25) is 0 Å². The molecule has 2 nitrogen and oxygen atoms in total. The summed E-state index contributed by atoms with van der Waals surface area (Å²) < 4.78 is 2.30. The van der Waals surface area contributed by atoms with Gasteiger partial charge in [-0.05, 0) is 38.5 Å². The maximum absolute atomic E-state index is 6.42. The number of hydrogen-bond acceptors (Lipinski definition) is 1. The lowest BCUT2D eigenvalue weighted by atomic mass is 10.0. The molecule has 0 N–H and O–H groups in total. The normalized spacial score (nSPS) is 12.8. The third-order valence-corrected chi connectivity index (χ3v) is 5.38. The highest BCUT2D eigenvalue weighted by atomic mass is 35.5. The first kappa shape index (κ1) is 17.6. The van der Waals surface area contributed by atoms with Crippen LogP contribution in [0.15, 0.2) is 30.3 Å². The van der Waals surface area contributed by atoms with Crippen molar-refractivity contribution in [2.75, 3.05) is 0 Å². The van der Waals surface area contributed by atoms with Crippen LogP contribution in [0.2, 0.25) is 15.1 Å². The lowest BCUT2D eigenvalue weighted by Crippen LogP contribution is -2.06. The summed E-state index contributed by atoms with van der Waals surface area (Å²) in [6, 6.07) is 10.1. The van der Waals surface area contributed by atoms with Crippen molar-refractivity contribution in [1.82, 2.24) is 9.55 Å². The minimum Gasteiger partial charge on any atom is -0.325 e. The molecule has 0 amide bonds. The largest absolute Gasteiger partial charge is 0.325 e. The van der Waals surface area contributed by atoms with Gasteiger partial charge in [0.15, 0.2) is 0 Å². The van der Waals surface area contributed by atoms with Crippen molar-refractivity contribution in [2.45, 2.75) is 39.7 Å². The molecule has 0 bridgehead atoms. The fourth-order valence-electron chi connectivity index (χ4n) is 3.28. The second-order valence-corrected chi connectivity index (χ2v) is 7.31. The van der Waals surface area contributed by atoms with Crippen LogP contribution in [-0.4, -0.2) is 9.55 Å². The van der Waals surface area contributed by atoms with Crippen molar-refractivity contribution in [3.8, 4) is 11.1 Å². The molecule has 0 saturated carbocycles. The number of aryl methyl sites for hydroxylation is 1. The molecule has 5 heteroatoms. The van der Waals surface area contributed by atoms with Gasteiger partial charge in [0.25, 0.3) is 0 Å². The Kier molecular flexibility index (Phi) is 5.10. The zero-order valence-corrected chi connectivity index (χ0v) is 16.2. The van der Waals surface area contributed by atoms with Gasteiger partial charge in [-0.1, -0.05) is 60.3 Å². The third kappa shape index (κ3) is 3.03. The van der Waals surface area contributed by atoms with Gasteiger partial charge in [-0.25, -0.2) is 4.98 Å². The minimum atomic E-state index is 0.402. The van der Waals surface area contributed by atoms with Gasteiger partial charge in [-0.15, -0.1) is 0 Å². The van der Waals surface area contributed by atoms with E-state index in [1.807, 2.05) is 25.1 Å². The topological polar surface area (TPSA) is 17.8 Å². The van der Waals surface area contributed by atoms with E-state index >= 15 is 0 Å². The fraction of sp³-hybridized carbons (Fsp3) is 0.316. The lowest BCUT2D eigenvalue weighted by molar-refractivity contribution is 0.502. The molecular weight excluding hydrogens is 363 g/mol. The van der Waals surface area contributed by atoms with Crippen LogP contribution in [0.4, 0.5) is 0 Å². The average molecular weight is 382 g/mol. The molecule has 0 aliphatic carbocycles. The molecule has 0 fully saturated rings. The number of imidazole rings is 1. The van der Waals surface area contributed by atoms with Crippen LogP contribution >= 0.6 is 34.8 Å². The van der Waals surface area contributed by atoms with E-state index in [1.54, 1.807) is 6.07 Å². The maximum atomic E-state index is 6.42. The van der Waals surface area contributed by atoms with Gasteiger partial charge in [0.1, 0.15) is 5.82 Å². The van der Waals surface area contributed by atoms with E-state index < -0.39 is 0 Å². The highest BCUT2D eigenvalue weighted by Crippen LogP contribution is 2.38. The summed E-state index contributed by atoms with van der Waals surface area (Å²) in [7, 11) is 0. The number of para-hydroxylation sites is 1. The predicted octanol–water partition coefficient (Wildman–Crippen LogP) is 7.33. The quantitative estimate of drug-likeness (QED) is 0.432. The highest BCUT2D eigenvalue weighted by Gasteiger charge is 2.17. The van der Waals surface area contributed by atoms with Gasteiger partial charge in [-0.3, -0.25) is 0 Å². The van der Waals surface area contributed by atoms with E-state index in [4.69, 9.17) is 39.8 Å². The third-order valence-electron chi connectivity index (χ3n) is 4.34. The number of nitrogens with zero attached hydrogens (tertiary/aromatic N) is 2. The van der Waals surface area contributed by atoms with Crippen LogP contribution in [0.3, 0.4) is 0 Å². The first-order chi connectivity index (χ1) is 11.4. The molecular formula is C19H19Cl3N2. The van der Waals surface area contributed by atoms with Crippen molar-refractivity contribution < 1.29 is 0 Å². The minimum absolute atomic E-state index is 0.402. The van der Waals surface area contributed by atoms with Crippen LogP contribution in [0, 0.1) is 6.92 Å². The van der Waals surface area contributed by atoms with E-state index in [-0.39, 0.29) is 0 Å². The lowest BCUT2D eigenvalue weighted by Gasteiger charge is -2.15. The molecule has 2 aromatic carbocycles. The second kappa shape index (κ2) is 6.95. The molecule has 1 heterocycles. The van der Waals surface area contributed by atoms with Gasteiger partial charge in [0, 0.05) is 17.2 Å². The molecule has 0 spiro atoms. The molecule has 1 unspecified atom stereocenters.